The number of nitrogen functional groups attached to an aromatic ring is 1. The summed E-state index contributed by atoms with van der Waals surface area (Å²) in [5.41, 5.74) is 6.59. The van der Waals surface area contributed by atoms with E-state index in [4.69, 9.17) is 5.73 Å². The molecule has 186 valence electrons. The van der Waals surface area contributed by atoms with Crippen LogP contribution in [-0.2, 0) is 22.6 Å². The third-order valence-electron chi connectivity index (χ3n) is 5.22. The molecule has 0 saturated heterocycles. The number of fused-ring (bicyclic) bond motifs is 1. The van der Waals surface area contributed by atoms with E-state index >= 15 is 0 Å². The smallest absolute Gasteiger partial charge is 0.382 e. The SMILES string of the molecule is Cc1nc2ccc(CN(C(=O)c3ccc(C(F)(F)F)nc3)c3cccnc3S(C)(=O)=O)cc2nc1N. The molecule has 0 aliphatic heterocycles. The Bertz CT molecular complexity index is 1570. The first-order valence-electron chi connectivity index (χ1n) is 10.4. The number of nitrogens with two attached hydrogens (primary N) is 1. The summed E-state index contributed by atoms with van der Waals surface area (Å²) in [5.74, 6) is -0.543. The van der Waals surface area contributed by atoms with Crippen molar-refractivity contribution in [3.05, 3.63) is 77.4 Å². The molecule has 0 aliphatic rings. The van der Waals surface area contributed by atoms with E-state index in [0.29, 0.717) is 28.4 Å². The summed E-state index contributed by atoms with van der Waals surface area (Å²) >= 11 is 0. The number of amides is 1. The Kier molecular flexibility index (Phi) is 6.35. The first-order valence-corrected chi connectivity index (χ1v) is 12.3. The fourth-order valence-corrected chi connectivity index (χ4v) is 4.28. The van der Waals surface area contributed by atoms with Gasteiger partial charge in [0.25, 0.3) is 5.91 Å². The van der Waals surface area contributed by atoms with Crippen LogP contribution in [0.4, 0.5) is 24.7 Å². The van der Waals surface area contributed by atoms with Gasteiger partial charge in [0, 0.05) is 18.6 Å². The lowest BCUT2D eigenvalue weighted by molar-refractivity contribution is -0.141. The third-order valence-corrected chi connectivity index (χ3v) is 6.24. The molecule has 0 saturated carbocycles. The lowest BCUT2D eigenvalue weighted by atomic mass is 10.1. The number of nitrogens with zero attached hydrogens (tertiary/aromatic N) is 5. The molecule has 0 spiro atoms. The zero-order chi connectivity index (χ0) is 26.3. The van der Waals surface area contributed by atoms with Crippen LogP contribution < -0.4 is 10.6 Å². The predicted molar refractivity (Wildman–Crippen MR) is 126 cm³/mol. The van der Waals surface area contributed by atoms with Gasteiger partial charge < -0.3 is 10.6 Å². The number of hydrogen-bond donors (Lipinski definition) is 1. The second-order valence-corrected chi connectivity index (χ2v) is 9.87. The number of pyridine rings is 2. The van der Waals surface area contributed by atoms with Crippen molar-refractivity contribution in [1.29, 1.82) is 0 Å². The Balaban J connectivity index is 1.81. The number of halogens is 3. The predicted octanol–water partition coefficient (Wildman–Crippen LogP) is 3.58. The van der Waals surface area contributed by atoms with E-state index in [1.54, 1.807) is 25.1 Å². The van der Waals surface area contributed by atoms with Crippen LogP contribution in [0.3, 0.4) is 0 Å². The van der Waals surface area contributed by atoms with E-state index < -0.39 is 27.6 Å². The lowest BCUT2D eigenvalue weighted by Gasteiger charge is -2.24. The van der Waals surface area contributed by atoms with Crippen molar-refractivity contribution in [2.75, 3.05) is 16.9 Å². The molecule has 4 rings (SSSR count). The van der Waals surface area contributed by atoms with Crippen LogP contribution in [0.1, 0.15) is 27.3 Å². The van der Waals surface area contributed by atoms with Gasteiger partial charge in [0.15, 0.2) is 14.9 Å². The van der Waals surface area contributed by atoms with E-state index in [1.807, 2.05) is 0 Å². The molecule has 3 heterocycles. The molecular formula is C23H19F3N6O3S. The molecule has 3 aromatic heterocycles. The maximum atomic E-state index is 13.5. The number of rotatable bonds is 5. The molecule has 2 N–H and O–H groups in total. The minimum atomic E-state index is -4.68. The van der Waals surface area contributed by atoms with E-state index in [-0.39, 0.29) is 28.6 Å². The summed E-state index contributed by atoms with van der Waals surface area (Å²) in [4.78, 5) is 30.5. The van der Waals surface area contributed by atoms with Crippen molar-refractivity contribution in [2.24, 2.45) is 0 Å². The number of aromatic nitrogens is 4. The zero-order valence-electron chi connectivity index (χ0n) is 19.0. The van der Waals surface area contributed by atoms with E-state index in [0.717, 1.165) is 23.4 Å². The van der Waals surface area contributed by atoms with Crippen LogP contribution in [-0.4, -0.2) is 40.5 Å². The van der Waals surface area contributed by atoms with Crippen molar-refractivity contribution >= 4 is 38.3 Å². The highest BCUT2D eigenvalue weighted by atomic mass is 32.2. The summed E-state index contributed by atoms with van der Waals surface area (Å²) in [6.07, 6.45) is -1.68. The number of aryl methyl sites for hydroxylation is 1. The average molecular weight is 517 g/mol. The maximum absolute atomic E-state index is 13.5. The van der Waals surface area contributed by atoms with Crippen LogP contribution in [0.25, 0.3) is 11.0 Å². The Hall–Kier alpha value is -4.13. The molecule has 4 aromatic rings. The average Bonchev–Trinajstić information content (AvgIpc) is 2.82. The normalized spacial score (nSPS) is 12.0. The molecule has 0 radical (unpaired) electrons. The second-order valence-electron chi connectivity index (χ2n) is 7.94. The molecule has 36 heavy (non-hydrogen) atoms. The minimum absolute atomic E-state index is 0.0421. The van der Waals surface area contributed by atoms with Gasteiger partial charge in [-0.1, -0.05) is 6.07 Å². The van der Waals surface area contributed by atoms with E-state index in [1.165, 1.54) is 18.3 Å². The van der Waals surface area contributed by atoms with Crippen LogP contribution >= 0.6 is 0 Å². The van der Waals surface area contributed by atoms with E-state index in [2.05, 4.69) is 19.9 Å². The standard InChI is InChI=1S/C23H19F3N6O3S/c1-13-20(27)31-17-10-14(5-7-16(17)30-13)12-32(18-4-3-9-28-21(18)36(2,34)35)22(33)15-6-8-19(29-11-15)23(24,25)26/h3-11H,12H2,1-2H3,(H2,27,31). The monoisotopic (exact) mass is 516 g/mol. The topological polar surface area (TPSA) is 132 Å². The second kappa shape index (κ2) is 9.15. The third kappa shape index (κ3) is 5.10. The molecule has 0 atom stereocenters. The first kappa shape index (κ1) is 25.0. The lowest BCUT2D eigenvalue weighted by Crippen LogP contribution is -2.32. The van der Waals surface area contributed by atoms with Gasteiger partial charge in [-0.15, -0.1) is 0 Å². The molecule has 9 nitrogen and oxygen atoms in total. The summed E-state index contributed by atoms with van der Waals surface area (Å²) < 4.78 is 63.6. The number of anilines is 2. The van der Waals surface area contributed by atoms with Gasteiger partial charge >= 0.3 is 6.18 Å². The Morgan fingerprint density at radius 2 is 1.81 bits per heavy atom. The summed E-state index contributed by atoms with van der Waals surface area (Å²) in [6, 6.07) is 9.49. The van der Waals surface area contributed by atoms with Crippen LogP contribution in [0, 0.1) is 6.92 Å². The summed E-state index contributed by atoms with van der Waals surface area (Å²) in [5, 5.41) is -0.362. The van der Waals surface area contributed by atoms with Gasteiger partial charge in [-0.05, 0) is 48.9 Å². The van der Waals surface area contributed by atoms with Crippen molar-refractivity contribution in [3.63, 3.8) is 0 Å². The Morgan fingerprint density at radius 1 is 1.06 bits per heavy atom. The molecule has 0 unspecified atom stereocenters. The van der Waals surface area contributed by atoms with Gasteiger partial charge in [0.05, 0.1) is 34.5 Å². The number of benzene rings is 1. The van der Waals surface area contributed by atoms with Crippen molar-refractivity contribution in [2.45, 2.75) is 24.7 Å². The van der Waals surface area contributed by atoms with Crippen molar-refractivity contribution < 1.29 is 26.4 Å². The van der Waals surface area contributed by atoms with Gasteiger partial charge in [0.1, 0.15) is 11.5 Å². The summed E-state index contributed by atoms with van der Waals surface area (Å²) in [6.45, 7) is 1.56. The fourth-order valence-electron chi connectivity index (χ4n) is 3.47. The van der Waals surface area contributed by atoms with Crippen LogP contribution in [0.15, 0.2) is 59.9 Å². The Labute approximate surface area is 203 Å². The quantitative estimate of drug-likeness (QED) is 0.426. The Morgan fingerprint density at radius 3 is 2.44 bits per heavy atom. The van der Waals surface area contributed by atoms with Crippen LogP contribution in [0.5, 0.6) is 0 Å². The number of hydrogen-bond acceptors (Lipinski definition) is 8. The molecule has 0 fully saturated rings. The molecule has 0 bridgehead atoms. The van der Waals surface area contributed by atoms with Crippen molar-refractivity contribution in [1.82, 2.24) is 19.9 Å². The van der Waals surface area contributed by atoms with E-state index in [9.17, 15) is 26.4 Å². The largest absolute Gasteiger partial charge is 0.433 e. The summed E-state index contributed by atoms with van der Waals surface area (Å²) in [7, 11) is -3.87. The zero-order valence-corrected chi connectivity index (χ0v) is 19.8. The van der Waals surface area contributed by atoms with Gasteiger partial charge in [-0.25, -0.2) is 23.4 Å². The van der Waals surface area contributed by atoms with Gasteiger partial charge in [0.2, 0.25) is 0 Å². The number of sulfone groups is 1. The molecular weight excluding hydrogens is 497 g/mol. The molecule has 13 heteroatoms. The van der Waals surface area contributed by atoms with Gasteiger partial charge in [-0.2, -0.15) is 13.2 Å². The highest BCUT2D eigenvalue weighted by Crippen LogP contribution is 2.29. The molecule has 1 amide bonds. The fraction of sp³-hybridized carbons (Fsp3) is 0.174. The molecule has 0 aliphatic carbocycles. The highest BCUT2D eigenvalue weighted by Gasteiger charge is 2.33. The molecule has 1 aromatic carbocycles. The minimum Gasteiger partial charge on any atom is -0.382 e. The van der Waals surface area contributed by atoms with Crippen molar-refractivity contribution in [3.8, 4) is 0 Å². The first-order chi connectivity index (χ1) is 16.8. The number of alkyl halides is 3. The number of carbonyl (C=O) groups is 1. The highest BCUT2D eigenvalue weighted by molar-refractivity contribution is 7.90. The maximum Gasteiger partial charge on any atom is 0.433 e. The number of carbonyl (C=O) groups excluding carboxylic acids is 1. The van der Waals surface area contributed by atoms with Crippen LogP contribution in [0.2, 0.25) is 0 Å². The van der Waals surface area contributed by atoms with Gasteiger partial charge in [-0.3, -0.25) is 9.78 Å².